The zero-order valence-corrected chi connectivity index (χ0v) is 22.1. The van der Waals surface area contributed by atoms with Gasteiger partial charge in [0.1, 0.15) is 18.0 Å². The molecule has 2 aliphatic heterocycles. The Labute approximate surface area is 214 Å². The number of nitrogens with zero attached hydrogens (tertiary/aromatic N) is 4. The first-order valence-corrected chi connectivity index (χ1v) is 14.5. The van der Waals surface area contributed by atoms with Crippen LogP contribution in [0.15, 0.2) is 29.4 Å². The van der Waals surface area contributed by atoms with Gasteiger partial charge in [0.2, 0.25) is 10.0 Å². The van der Waals surface area contributed by atoms with Crippen molar-refractivity contribution in [3.05, 3.63) is 41.2 Å². The molecule has 196 valence electrons. The quantitative estimate of drug-likeness (QED) is 0.490. The molecule has 1 aromatic carbocycles. The molecule has 0 bridgehead atoms. The van der Waals surface area contributed by atoms with Crippen molar-refractivity contribution in [3.8, 4) is 0 Å². The number of aromatic nitrogens is 2. The van der Waals surface area contributed by atoms with Crippen molar-refractivity contribution >= 4 is 21.7 Å². The van der Waals surface area contributed by atoms with Gasteiger partial charge in [0.15, 0.2) is 0 Å². The molecule has 1 saturated carbocycles. The number of piperidine rings is 1. The molecule has 10 heteroatoms. The summed E-state index contributed by atoms with van der Waals surface area (Å²) < 4.78 is 28.2. The van der Waals surface area contributed by atoms with Gasteiger partial charge >= 0.3 is 0 Å². The van der Waals surface area contributed by atoms with Crippen molar-refractivity contribution < 1.29 is 13.5 Å². The fourth-order valence-electron chi connectivity index (χ4n) is 6.08. The Balaban J connectivity index is 1.18. The summed E-state index contributed by atoms with van der Waals surface area (Å²) in [5, 5.41) is 10.7. The molecular weight excluding hydrogens is 476 g/mol. The van der Waals surface area contributed by atoms with Crippen LogP contribution in [0.5, 0.6) is 0 Å². The Kier molecular flexibility index (Phi) is 6.97. The monoisotopic (exact) mass is 514 g/mol. The number of benzene rings is 1. The number of hydrogen-bond acceptors (Lipinski definition) is 8. The van der Waals surface area contributed by atoms with Gasteiger partial charge in [0.25, 0.3) is 0 Å². The Morgan fingerprint density at radius 3 is 2.75 bits per heavy atom. The van der Waals surface area contributed by atoms with Crippen LogP contribution < -0.4 is 15.4 Å². The average Bonchev–Trinajstić information content (AvgIpc) is 3.58. The third kappa shape index (κ3) is 5.37. The molecule has 3 fully saturated rings. The average molecular weight is 515 g/mol. The third-order valence-corrected chi connectivity index (χ3v) is 9.54. The van der Waals surface area contributed by atoms with Crippen LogP contribution in [0.1, 0.15) is 54.7 Å². The molecule has 0 radical (unpaired) electrons. The summed E-state index contributed by atoms with van der Waals surface area (Å²) in [6.45, 7) is 7.85. The van der Waals surface area contributed by atoms with Crippen molar-refractivity contribution in [1.82, 2.24) is 19.6 Å². The molecule has 1 aromatic heterocycles. The number of likely N-dealkylation sites (tertiary alicyclic amines) is 1. The van der Waals surface area contributed by atoms with Crippen molar-refractivity contribution in [3.63, 3.8) is 0 Å². The summed E-state index contributed by atoms with van der Waals surface area (Å²) >= 11 is 0. The van der Waals surface area contributed by atoms with E-state index < -0.39 is 16.1 Å². The highest BCUT2D eigenvalue weighted by atomic mass is 32.2. The molecule has 9 nitrogen and oxygen atoms in total. The number of aryl methyl sites for hydroxylation is 2. The molecule has 1 spiro atoms. The Hall–Kier alpha value is -2.27. The van der Waals surface area contributed by atoms with Crippen LogP contribution in [0.4, 0.5) is 11.6 Å². The van der Waals surface area contributed by atoms with E-state index in [-0.39, 0.29) is 16.9 Å². The zero-order chi connectivity index (χ0) is 25.5. The topological polar surface area (TPSA) is 125 Å². The molecule has 0 unspecified atom stereocenters. The summed E-state index contributed by atoms with van der Waals surface area (Å²) in [5.74, 6) is 2.10. The van der Waals surface area contributed by atoms with E-state index in [0.717, 1.165) is 75.2 Å². The second kappa shape index (κ2) is 9.89. The number of aliphatic hydroxyl groups excluding tert-OH is 1. The summed E-state index contributed by atoms with van der Waals surface area (Å²) in [6.07, 6.45) is 6.40. The number of nitrogens with one attached hydrogen (secondary N) is 1. The molecule has 4 N–H and O–H groups in total. The first-order chi connectivity index (χ1) is 17.2. The van der Waals surface area contributed by atoms with E-state index in [1.807, 2.05) is 13.0 Å². The molecule has 3 aliphatic rings. The lowest BCUT2D eigenvalue weighted by atomic mass is 9.79. The van der Waals surface area contributed by atoms with Crippen LogP contribution in [0.2, 0.25) is 0 Å². The van der Waals surface area contributed by atoms with E-state index in [1.165, 1.54) is 0 Å². The van der Waals surface area contributed by atoms with Crippen LogP contribution in [0.25, 0.3) is 0 Å². The minimum atomic E-state index is -3.67. The van der Waals surface area contributed by atoms with Gasteiger partial charge in [-0.05, 0) is 70.0 Å². The standard InChI is InChI=1S/C26H38N6O3S/c1-18-4-7-22(19(2)12-18)36(34,35)30-13-21(33)14-31-10-3-8-26(15-31)9-11-32(16-26)25-23(20-5-6-20)24(27)28-17-29-25/h4,7,12,17,20-21,30,33H,3,5-6,8-11,13-16H2,1-2H3,(H2,27,28,29)/t21-,26-/m1/s1. The molecule has 3 heterocycles. The molecule has 2 saturated heterocycles. The highest BCUT2D eigenvalue weighted by Gasteiger charge is 2.43. The number of β-amino-alcohol motifs (C(OH)–C–C–N with tert-alkyl or cyclic N) is 1. The van der Waals surface area contributed by atoms with Crippen LogP contribution in [-0.2, 0) is 10.0 Å². The molecule has 36 heavy (non-hydrogen) atoms. The third-order valence-electron chi connectivity index (χ3n) is 7.96. The number of nitrogen functional groups attached to an aromatic ring is 1. The van der Waals surface area contributed by atoms with E-state index in [4.69, 9.17) is 5.73 Å². The second-order valence-electron chi connectivity index (χ2n) is 11.1. The Morgan fingerprint density at radius 1 is 1.19 bits per heavy atom. The lowest BCUT2D eigenvalue weighted by Crippen LogP contribution is -2.49. The maximum atomic E-state index is 12.8. The van der Waals surface area contributed by atoms with Gasteiger partial charge in [-0.1, -0.05) is 17.7 Å². The highest BCUT2D eigenvalue weighted by molar-refractivity contribution is 7.89. The SMILES string of the molecule is Cc1ccc(S(=O)(=O)NC[C@@H](O)CN2CCC[C@@]3(CCN(c4ncnc(N)c4C4CC4)C3)C2)c(C)c1. The fourth-order valence-corrected chi connectivity index (χ4v) is 7.37. The molecular formula is C26H38N6O3S. The second-order valence-corrected chi connectivity index (χ2v) is 12.8. The zero-order valence-electron chi connectivity index (χ0n) is 21.3. The maximum Gasteiger partial charge on any atom is 0.240 e. The van der Waals surface area contributed by atoms with Gasteiger partial charge in [-0.25, -0.2) is 23.1 Å². The number of hydrogen-bond donors (Lipinski definition) is 3. The van der Waals surface area contributed by atoms with Gasteiger partial charge in [0.05, 0.1) is 11.0 Å². The normalized spacial score (nSPS) is 23.9. The Morgan fingerprint density at radius 2 is 2.00 bits per heavy atom. The number of nitrogens with two attached hydrogens (primary N) is 1. The minimum absolute atomic E-state index is 0.00373. The fraction of sp³-hybridized carbons (Fsp3) is 0.615. The van der Waals surface area contributed by atoms with Crippen molar-refractivity contribution in [2.45, 2.75) is 62.9 Å². The minimum Gasteiger partial charge on any atom is -0.390 e. The van der Waals surface area contributed by atoms with E-state index in [9.17, 15) is 13.5 Å². The summed E-state index contributed by atoms with van der Waals surface area (Å²) in [6, 6.07) is 5.27. The molecule has 2 atom stereocenters. The van der Waals surface area contributed by atoms with Gasteiger partial charge < -0.3 is 20.6 Å². The van der Waals surface area contributed by atoms with Crippen LogP contribution in [0.3, 0.4) is 0 Å². The molecule has 1 aliphatic carbocycles. The number of sulfonamides is 1. The Bertz CT molecular complexity index is 1220. The summed E-state index contributed by atoms with van der Waals surface area (Å²) in [5.41, 5.74) is 9.22. The molecule has 2 aromatic rings. The van der Waals surface area contributed by atoms with Crippen LogP contribution in [0, 0.1) is 19.3 Å². The predicted octanol–water partition coefficient (Wildman–Crippen LogP) is 2.18. The van der Waals surface area contributed by atoms with Crippen molar-refractivity contribution in [2.24, 2.45) is 5.41 Å². The number of anilines is 2. The van der Waals surface area contributed by atoms with Crippen LogP contribution >= 0.6 is 0 Å². The number of aliphatic hydroxyl groups is 1. The van der Waals surface area contributed by atoms with E-state index in [0.29, 0.717) is 23.8 Å². The van der Waals surface area contributed by atoms with E-state index >= 15 is 0 Å². The largest absolute Gasteiger partial charge is 0.390 e. The summed E-state index contributed by atoms with van der Waals surface area (Å²) in [7, 11) is -3.67. The van der Waals surface area contributed by atoms with Gasteiger partial charge in [-0.15, -0.1) is 0 Å². The lowest BCUT2D eigenvalue weighted by Gasteiger charge is -2.41. The van der Waals surface area contributed by atoms with E-state index in [1.54, 1.807) is 25.4 Å². The van der Waals surface area contributed by atoms with Gasteiger partial charge in [-0.2, -0.15) is 0 Å². The first kappa shape index (κ1) is 25.4. The number of rotatable bonds is 8. The highest BCUT2D eigenvalue weighted by Crippen LogP contribution is 2.48. The predicted molar refractivity (Wildman–Crippen MR) is 140 cm³/mol. The van der Waals surface area contributed by atoms with Crippen LogP contribution in [-0.4, -0.2) is 73.8 Å². The molecule has 5 rings (SSSR count). The maximum absolute atomic E-state index is 12.8. The summed E-state index contributed by atoms with van der Waals surface area (Å²) in [4.78, 5) is 13.8. The van der Waals surface area contributed by atoms with Crippen molar-refractivity contribution in [2.75, 3.05) is 49.9 Å². The lowest BCUT2D eigenvalue weighted by molar-refractivity contribution is 0.0557. The van der Waals surface area contributed by atoms with Gasteiger partial charge in [0, 0.05) is 43.7 Å². The van der Waals surface area contributed by atoms with Crippen molar-refractivity contribution in [1.29, 1.82) is 0 Å². The van der Waals surface area contributed by atoms with E-state index in [2.05, 4.69) is 24.5 Å². The first-order valence-electron chi connectivity index (χ1n) is 13.0. The smallest absolute Gasteiger partial charge is 0.240 e. The van der Waals surface area contributed by atoms with Gasteiger partial charge in [-0.3, -0.25) is 0 Å². The molecule has 0 amide bonds.